The highest BCUT2D eigenvalue weighted by Gasteiger charge is 2.24. The molecule has 0 atom stereocenters. The van der Waals surface area contributed by atoms with E-state index >= 15 is 0 Å². The molecule has 1 aliphatic carbocycles. The Morgan fingerprint density at radius 1 is 1.23 bits per heavy atom. The SMILES string of the molecule is O=C(O)c1cc(Cl)ccc1NS(=O)(=O)c1ccc(OCc2nnnn2C2CCC2)cc1. The molecule has 2 N–H and O–H groups in total. The topological polar surface area (TPSA) is 136 Å². The van der Waals surface area contributed by atoms with E-state index in [4.69, 9.17) is 16.3 Å². The third-order valence-corrected chi connectivity index (χ3v) is 6.56. The average Bonchev–Trinajstić information content (AvgIpc) is 3.14. The number of nitrogens with one attached hydrogen (secondary N) is 1. The second kappa shape index (κ2) is 8.52. The summed E-state index contributed by atoms with van der Waals surface area (Å²) in [6.45, 7) is 0.153. The summed E-state index contributed by atoms with van der Waals surface area (Å²) in [7, 11) is -4.02. The van der Waals surface area contributed by atoms with Crippen molar-refractivity contribution in [3.63, 3.8) is 0 Å². The Balaban J connectivity index is 1.45. The third kappa shape index (κ3) is 4.62. The van der Waals surface area contributed by atoms with Crippen LogP contribution in [0.5, 0.6) is 5.75 Å². The van der Waals surface area contributed by atoms with Gasteiger partial charge in [0.05, 0.1) is 22.2 Å². The van der Waals surface area contributed by atoms with E-state index in [0.717, 1.165) is 19.3 Å². The number of aromatic carboxylic acids is 1. The van der Waals surface area contributed by atoms with Crippen molar-refractivity contribution in [2.75, 3.05) is 4.72 Å². The van der Waals surface area contributed by atoms with E-state index in [1.54, 1.807) is 4.68 Å². The molecule has 162 valence electrons. The lowest BCUT2D eigenvalue weighted by atomic mass is 9.93. The number of carboxylic acid groups (broad SMARTS) is 1. The van der Waals surface area contributed by atoms with E-state index in [-0.39, 0.29) is 27.8 Å². The highest BCUT2D eigenvalue weighted by Crippen LogP contribution is 2.31. The molecule has 0 spiro atoms. The lowest BCUT2D eigenvalue weighted by Crippen LogP contribution is -2.21. The van der Waals surface area contributed by atoms with Gasteiger partial charge in [-0.1, -0.05) is 11.6 Å². The number of aromatic nitrogens is 4. The van der Waals surface area contributed by atoms with Crippen LogP contribution in [0.25, 0.3) is 0 Å². The molecule has 1 heterocycles. The summed E-state index contributed by atoms with van der Waals surface area (Å²) in [5.74, 6) is -0.250. The number of ether oxygens (including phenoxy) is 1. The summed E-state index contributed by atoms with van der Waals surface area (Å²) in [5.41, 5.74) is -0.333. The standard InChI is InChI=1S/C19H18ClN5O5S/c20-12-4-9-17(16(10-12)19(26)27)22-31(28,29)15-7-5-14(6-8-15)30-11-18-21-23-24-25(18)13-2-1-3-13/h4-10,13,22H,1-3,11H2,(H,26,27). The Morgan fingerprint density at radius 3 is 2.61 bits per heavy atom. The first-order valence-electron chi connectivity index (χ1n) is 9.39. The van der Waals surface area contributed by atoms with Gasteiger partial charge in [0.1, 0.15) is 12.4 Å². The van der Waals surface area contributed by atoms with Crippen LogP contribution < -0.4 is 9.46 Å². The smallest absolute Gasteiger partial charge is 0.337 e. The molecule has 3 aromatic rings. The lowest BCUT2D eigenvalue weighted by molar-refractivity contribution is 0.0698. The number of carboxylic acids is 1. The number of nitrogens with zero attached hydrogens (tertiary/aromatic N) is 4. The molecule has 1 fully saturated rings. The summed E-state index contributed by atoms with van der Waals surface area (Å²) in [6, 6.07) is 9.92. The zero-order valence-corrected chi connectivity index (χ0v) is 17.7. The molecular weight excluding hydrogens is 446 g/mol. The molecular formula is C19H18ClN5O5S. The van der Waals surface area contributed by atoms with E-state index in [9.17, 15) is 18.3 Å². The van der Waals surface area contributed by atoms with Gasteiger partial charge in [0, 0.05) is 5.02 Å². The van der Waals surface area contributed by atoms with Crippen molar-refractivity contribution in [1.29, 1.82) is 0 Å². The van der Waals surface area contributed by atoms with Crippen molar-refractivity contribution < 1.29 is 23.1 Å². The number of hydrogen-bond acceptors (Lipinski definition) is 7. The first-order valence-corrected chi connectivity index (χ1v) is 11.2. The van der Waals surface area contributed by atoms with Crippen LogP contribution in [0.15, 0.2) is 47.4 Å². The van der Waals surface area contributed by atoms with Crippen LogP contribution in [-0.2, 0) is 16.6 Å². The number of halogens is 1. The minimum atomic E-state index is -4.02. The first-order chi connectivity index (χ1) is 14.8. The second-order valence-corrected chi connectivity index (χ2v) is 9.10. The minimum absolute atomic E-state index is 0.0505. The first kappa shape index (κ1) is 21.1. The van der Waals surface area contributed by atoms with E-state index in [1.165, 1.54) is 42.5 Å². The lowest BCUT2D eigenvalue weighted by Gasteiger charge is -2.25. The van der Waals surface area contributed by atoms with Crippen LogP contribution in [0.2, 0.25) is 5.02 Å². The number of sulfonamides is 1. The molecule has 31 heavy (non-hydrogen) atoms. The normalized spacial score (nSPS) is 14.1. The molecule has 0 bridgehead atoms. The molecule has 0 radical (unpaired) electrons. The molecule has 0 unspecified atom stereocenters. The molecule has 0 amide bonds. The number of carbonyl (C=O) groups is 1. The summed E-state index contributed by atoms with van der Waals surface area (Å²) >= 11 is 5.80. The van der Waals surface area contributed by atoms with Crippen LogP contribution in [0, 0.1) is 0 Å². The molecule has 0 aliphatic heterocycles. The predicted molar refractivity (Wildman–Crippen MR) is 111 cm³/mol. The fourth-order valence-electron chi connectivity index (χ4n) is 3.07. The maximum atomic E-state index is 12.7. The van der Waals surface area contributed by atoms with Crippen LogP contribution >= 0.6 is 11.6 Å². The Hall–Kier alpha value is -3.18. The van der Waals surface area contributed by atoms with E-state index in [1.807, 2.05) is 0 Å². The van der Waals surface area contributed by atoms with Gasteiger partial charge in [0.2, 0.25) is 0 Å². The molecule has 12 heteroatoms. The summed E-state index contributed by atoms with van der Waals surface area (Å²) in [6.07, 6.45) is 3.22. The molecule has 10 nitrogen and oxygen atoms in total. The maximum Gasteiger partial charge on any atom is 0.337 e. The van der Waals surface area contributed by atoms with E-state index in [0.29, 0.717) is 17.6 Å². The molecule has 4 rings (SSSR count). The van der Waals surface area contributed by atoms with E-state index in [2.05, 4.69) is 20.2 Å². The molecule has 1 saturated carbocycles. The number of tetrazole rings is 1. The predicted octanol–water partition coefficient (Wildman–Crippen LogP) is 3.13. The Morgan fingerprint density at radius 2 is 1.97 bits per heavy atom. The number of benzene rings is 2. The van der Waals surface area contributed by atoms with Gasteiger partial charge in [-0.3, -0.25) is 4.72 Å². The Kier molecular flexibility index (Phi) is 5.79. The van der Waals surface area contributed by atoms with Crippen LogP contribution in [0.3, 0.4) is 0 Å². The molecule has 2 aromatic carbocycles. The Labute approximate surface area is 182 Å². The van der Waals surface area contributed by atoms with Crippen molar-refractivity contribution in [3.8, 4) is 5.75 Å². The third-order valence-electron chi connectivity index (χ3n) is 4.94. The fraction of sp³-hybridized carbons (Fsp3) is 0.263. The minimum Gasteiger partial charge on any atom is -0.486 e. The number of hydrogen-bond donors (Lipinski definition) is 2. The highest BCUT2D eigenvalue weighted by molar-refractivity contribution is 7.92. The molecule has 1 aromatic heterocycles. The highest BCUT2D eigenvalue weighted by atomic mass is 35.5. The quantitative estimate of drug-likeness (QED) is 0.519. The maximum absolute atomic E-state index is 12.7. The van der Waals surface area contributed by atoms with Crippen LogP contribution in [-0.4, -0.2) is 39.7 Å². The van der Waals surface area contributed by atoms with Gasteiger partial charge in [-0.15, -0.1) is 5.10 Å². The second-order valence-electron chi connectivity index (χ2n) is 6.99. The summed E-state index contributed by atoms with van der Waals surface area (Å²) < 4.78 is 35.1. The van der Waals surface area contributed by atoms with Gasteiger partial charge in [0.25, 0.3) is 10.0 Å². The summed E-state index contributed by atoms with van der Waals surface area (Å²) in [5, 5.41) is 21.1. The van der Waals surface area contributed by atoms with Crippen molar-refractivity contribution in [2.45, 2.75) is 36.8 Å². The molecule has 1 aliphatic rings. The monoisotopic (exact) mass is 463 g/mol. The van der Waals surface area contributed by atoms with Crippen molar-refractivity contribution in [3.05, 3.63) is 58.9 Å². The average molecular weight is 464 g/mol. The van der Waals surface area contributed by atoms with Crippen molar-refractivity contribution in [2.24, 2.45) is 0 Å². The zero-order valence-electron chi connectivity index (χ0n) is 16.1. The van der Waals surface area contributed by atoms with Crippen molar-refractivity contribution >= 4 is 33.3 Å². The van der Waals surface area contributed by atoms with Crippen LogP contribution in [0.4, 0.5) is 5.69 Å². The van der Waals surface area contributed by atoms with Gasteiger partial charge >= 0.3 is 5.97 Å². The summed E-state index contributed by atoms with van der Waals surface area (Å²) in [4.78, 5) is 11.3. The van der Waals surface area contributed by atoms with Gasteiger partial charge in [-0.05, 0) is 72.2 Å². The Bertz CT molecular complexity index is 1210. The van der Waals surface area contributed by atoms with Crippen LogP contribution in [0.1, 0.15) is 41.5 Å². The van der Waals surface area contributed by atoms with Gasteiger partial charge in [0.15, 0.2) is 5.82 Å². The number of rotatable bonds is 8. The van der Waals surface area contributed by atoms with Gasteiger partial charge < -0.3 is 9.84 Å². The van der Waals surface area contributed by atoms with Crippen molar-refractivity contribution in [1.82, 2.24) is 20.2 Å². The van der Waals surface area contributed by atoms with Gasteiger partial charge in [-0.2, -0.15) is 0 Å². The van der Waals surface area contributed by atoms with E-state index < -0.39 is 16.0 Å². The largest absolute Gasteiger partial charge is 0.486 e. The number of anilines is 1. The van der Waals surface area contributed by atoms with Gasteiger partial charge in [-0.25, -0.2) is 17.9 Å². The fourth-order valence-corrected chi connectivity index (χ4v) is 4.32. The molecule has 0 saturated heterocycles. The zero-order chi connectivity index (χ0) is 22.0.